The highest BCUT2D eigenvalue weighted by Gasteiger charge is 2.08. The third-order valence-electron chi connectivity index (χ3n) is 2.24. The number of aryl methyl sites for hydroxylation is 1. The number of carboxylic acids is 1. The second kappa shape index (κ2) is 3.83. The van der Waals surface area contributed by atoms with E-state index in [1.165, 1.54) is 0 Å². The van der Waals surface area contributed by atoms with Crippen LogP contribution in [-0.4, -0.2) is 11.1 Å². The summed E-state index contributed by atoms with van der Waals surface area (Å²) in [5.74, 6) is -0.835. The molecule has 2 rings (SSSR count). The van der Waals surface area contributed by atoms with Crippen LogP contribution >= 0.6 is 22.9 Å². The van der Waals surface area contributed by atoms with E-state index < -0.39 is 5.97 Å². The smallest absolute Gasteiger partial charge is 0.307 e. The first-order chi connectivity index (χ1) is 7.08. The standard InChI is InChI=1S/C11H9ClO2S/c1-6-5-15-11-8(6)2-7(3-9(11)12)4-10(13)14/h2-3,5H,4H2,1H3,(H,13,14). The Kier molecular flexibility index (Phi) is 2.67. The lowest BCUT2D eigenvalue weighted by Gasteiger charge is -2.01. The van der Waals surface area contributed by atoms with E-state index in [9.17, 15) is 4.79 Å². The predicted octanol–water partition coefficient (Wildman–Crippen LogP) is 3.49. The molecule has 0 spiro atoms. The van der Waals surface area contributed by atoms with Crippen LogP contribution < -0.4 is 0 Å². The molecule has 2 nitrogen and oxygen atoms in total. The van der Waals surface area contributed by atoms with Crippen molar-refractivity contribution in [2.24, 2.45) is 0 Å². The maximum absolute atomic E-state index is 10.6. The fraction of sp³-hybridized carbons (Fsp3) is 0.182. The highest BCUT2D eigenvalue weighted by molar-refractivity contribution is 7.18. The van der Waals surface area contributed by atoms with E-state index in [1.807, 2.05) is 18.4 Å². The maximum Gasteiger partial charge on any atom is 0.307 e. The minimum absolute atomic E-state index is 0.0188. The molecule has 0 bridgehead atoms. The molecule has 0 aliphatic heterocycles. The summed E-state index contributed by atoms with van der Waals surface area (Å²) < 4.78 is 1.03. The minimum atomic E-state index is -0.835. The van der Waals surface area contributed by atoms with Crippen LogP contribution in [0.1, 0.15) is 11.1 Å². The van der Waals surface area contributed by atoms with E-state index in [0.29, 0.717) is 5.02 Å². The first kappa shape index (κ1) is 10.5. The Morgan fingerprint density at radius 1 is 1.53 bits per heavy atom. The van der Waals surface area contributed by atoms with E-state index in [1.54, 1.807) is 17.4 Å². The summed E-state index contributed by atoms with van der Waals surface area (Å²) >= 11 is 7.67. The Bertz CT molecular complexity index is 531. The van der Waals surface area contributed by atoms with Gasteiger partial charge >= 0.3 is 5.97 Å². The van der Waals surface area contributed by atoms with Gasteiger partial charge in [-0.1, -0.05) is 11.6 Å². The predicted molar refractivity (Wildman–Crippen MR) is 62.9 cm³/mol. The molecule has 0 amide bonds. The van der Waals surface area contributed by atoms with Crippen LogP contribution in [0.5, 0.6) is 0 Å². The molecule has 15 heavy (non-hydrogen) atoms. The molecule has 1 aromatic heterocycles. The molecular formula is C11H9ClO2S. The average Bonchev–Trinajstić information content (AvgIpc) is 2.47. The molecule has 4 heteroatoms. The van der Waals surface area contributed by atoms with E-state index in [2.05, 4.69) is 0 Å². The number of thiophene rings is 1. The van der Waals surface area contributed by atoms with Gasteiger partial charge in [0.05, 0.1) is 16.1 Å². The molecule has 0 atom stereocenters. The monoisotopic (exact) mass is 240 g/mol. The van der Waals surface area contributed by atoms with E-state index in [-0.39, 0.29) is 6.42 Å². The Balaban J connectivity index is 2.59. The second-order valence-electron chi connectivity index (χ2n) is 3.44. The molecule has 2 aromatic rings. The van der Waals surface area contributed by atoms with Gasteiger partial charge in [0.2, 0.25) is 0 Å². The van der Waals surface area contributed by atoms with Crippen molar-refractivity contribution in [3.63, 3.8) is 0 Å². The lowest BCUT2D eigenvalue weighted by Crippen LogP contribution is -1.99. The Labute approximate surface area is 96.1 Å². The number of benzene rings is 1. The van der Waals surface area contributed by atoms with E-state index >= 15 is 0 Å². The van der Waals surface area contributed by atoms with Crippen LogP contribution in [0.3, 0.4) is 0 Å². The highest BCUT2D eigenvalue weighted by atomic mass is 35.5. The summed E-state index contributed by atoms with van der Waals surface area (Å²) in [4.78, 5) is 10.6. The number of rotatable bonds is 2. The van der Waals surface area contributed by atoms with Crippen molar-refractivity contribution in [1.82, 2.24) is 0 Å². The zero-order valence-corrected chi connectivity index (χ0v) is 9.65. The second-order valence-corrected chi connectivity index (χ2v) is 4.73. The van der Waals surface area contributed by atoms with Crippen molar-refractivity contribution in [1.29, 1.82) is 0 Å². The van der Waals surface area contributed by atoms with Gasteiger partial charge in [-0.25, -0.2) is 0 Å². The molecule has 0 saturated heterocycles. The van der Waals surface area contributed by atoms with Gasteiger partial charge in [0, 0.05) is 0 Å². The van der Waals surface area contributed by atoms with Gasteiger partial charge in [-0.2, -0.15) is 0 Å². The number of fused-ring (bicyclic) bond motifs is 1. The topological polar surface area (TPSA) is 37.3 Å². The molecule has 0 aliphatic rings. The van der Waals surface area contributed by atoms with Gasteiger partial charge in [-0.3, -0.25) is 4.79 Å². The summed E-state index contributed by atoms with van der Waals surface area (Å²) in [6.45, 7) is 2.00. The molecule has 0 unspecified atom stereocenters. The average molecular weight is 241 g/mol. The SMILES string of the molecule is Cc1csc2c(Cl)cc(CC(=O)O)cc12. The van der Waals surface area contributed by atoms with Gasteiger partial charge in [0.15, 0.2) is 0 Å². The van der Waals surface area contributed by atoms with E-state index in [0.717, 1.165) is 21.2 Å². The molecule has 0 aliphatic carbocycles. The maximum atomic E-state index is 10.6. The van der Waals surface area contributed by atoms with Crippen LogP contribution in [0, 0.1) is 6.92 Å². The van der Waals surface area contributed by atoms with Crippen molar-refractivity contribution in [2.75, 3.05) is 0 Å². The molecule has 78 valence electrons. The van der Waals surface area contributed by atoms with Gasteiger partial charge in [0.1, 0.15) is 0 Å². The lowest BCUT2D eigenvalue weighted by molar-refractivity contribution is -0.136. The number of hydrogen-bond acceptors (Lipinski definition) is 2. The highest BCUT2D eigenvalue weighted by Crippen LogP contribution is 2.33. The number of carbonyl (C=O) groups is 1. The molecule has 0 fully saturated rings. The van der Waals surface area contributed by atoms with E-state index in [4.69, 9.17) is 16.7 Å². The summed E-state index contributed by atoms with van der Waals surface area (Å²) in [5, 5.41) is 12.4. The molecule has 1 heterocycles. The zero-order valence-electron chi connectivity index (χ0n) is 8.08. The molecule has 0 radical (unpaired) electrons. The Hall–Kier alpha value is -1.06. The largest absolute Gasteiger partial charge is 0.481 e. The third kappa shape index (κ3) is 1.98. The summed E-state index contributed by atoms with van der Waals surface area (Å²) in [6, 6.07) is 3.63. The van der Waals surface area contributed by atoms with Crippen molar-refractivity contribution in [3.05, 3.63) is 33.7 Å². The first-order valence-electron chi connectivity index (χ1n) is 4.46. The summed E-state index contributed by atoms with van der Waals surface area (Å²) in [5.41, 5.74) is 1.89. The number of carboxylic acid groups (broad SMARTS) is 1. The van der Waals surface area contributed by atoms with Gasteiger partial charge in [0.25, 0.3) is 0 Å². The fourth-order valence-electron chi connectivity index (χ4n) is 1.55. The lowest BCUT2D eigenvalue weighted by atomic mass is 10.1. The van der Waals surface area contributed by atoms with Crippen LogP contribution in [0.4, 0.5) is 0 Å². The third-order valence-corrected chi connectivity index (χ3v) is 3.79. The van der Waals surface area contributed by atoms with Crippen molar-refractivity contribution < 1.29 is 9.90 Å². The number of halogens is 1. The molecule has 0 saturated carbocycles. The van der Waals surface area contributed by atoms with Crippen LogP contribution in [0.15, 0.2) is 17.5 Å². The zero-order chi connectivity index (χ0) is 11.0. The van der Waals surface area contributed by atoms with Crippen molar-refractivity contribution in [2.45, 2.75) is 13.3 Å². The Morgan fingerprint density at radius 2 is 2.27 bits per heavy atom. The molecular weight excluding hydrogens is 232 g/mol. The van der Waals surface area contributed by atoms with Gasteiger partial charge in [-0.05, 0) is 40.9 Å². The number of hydrogen-bond donors (Lipinski definition) is 1. The fourth-order valence-corrected chi connectivity index (χ4v) is 2.87. The molecule has 1 aromatic carbocycles. The summed E-state index contributed by atoms with van der Waals surface area (Å²) in [6.07, 6.45) is 0.0188. The molecule has 1 N–H and O–H groups in total. The number of aliphatic carboxylic acids is 1. The normalized spacial score (nSPS) is 10.8. The van der Waals surface area contributed by atoms with Crippen molar-refractivity contribution in [3.8, 4) is 0 Å². The van der Waals surface area contributed by atoms with Crippen LogP contribution in [0.25, 0.3) is 10.1 Å². The van der Waals surface area contributed by atoms with Gasteiger partial charge in [-0.15, -0.1) is 11.3 Å². The minimum Gasteiger partial charge on any atom is -0.481 e. The van der Waals surface area contributed by atoms with Crippen LogP contribution in [0.2, 0.25) is 5.02 Å². The first-order valence-corrected chi connectivity index (χ1v) is 5.71. The Morgan fingerprint density at radius 3 is 2.93 bits per heavy atom. The summed E-state index contributed by atoms with van der Waals surface area (Å²) in [7, 11) is 0. The quantitative estimate of drug-likeness (QED) is 0.873. The van der Waals surface area contributed by atoms with Crippen molar-refractivity contribution >= 4 is 39.0 Å². The van der Waals surface area contributed by atoms with Crippen LogP contribution in [-0.2, 0) is 11.2 Å². The van der Waals surface area contributed by atoms with Gasteiger partial charge < -0.3 is 5.11 Å².